The number of nitro benzene ring substituents is 1. The number of halogens is 1. The second kappa shape index (κ2) is 5.58. The molecule has 0 atom stereocenters. The smallest absolute Gasteiger partial charge is 0.289 e. The number of hydrogen-bond acceptors (Lipinski definition) is 5. The lowest BCUT2D eigenvalue weighted by Gasteiger charge is -2.08. The molecule has 2 rings (SSSR count). The van der Waals surface area contributed by atoms with Crippen molar-refractivity contribution in [1.82, 2.24) is 0 Å². The minimum Gasteiger partial charge on any atom is -0.508 e. The SMILES string of the molecule is O=[N+]([O-])c1cc(NS(=O)(=O)c2ccc(O)cc2)ccc1Cl. The molecule has 21 heavy (non-hydrogen) atoms. The Balaban J connectivity index is 2.35. The van der Waals surface area contributed by atoms with Crippen molar-refractivity contribution in [2.45, 2.75) is 4.90 Å². The van der Waals surface area contributed by atoms with Gasteiger partial charge in [-0.15, -0.1) is 0 Å². The fourth-order valence-electron chi connectivity index (χ4n) is 1.56. The molecule has 2 N–H and O–H groups in total. The molecule has 0 unspecified atom stereocenters. The Morgan fingerprint density at radius 2 is 1.76 bits per heavy atom. The van der Waals surface area contributed by atoms with E-state index in [0.717, 1.165) is 6.07 Å². The van der Waals surface area contributed by atoms with Gasteiger partial charge in [-0.1, -0.05) is 11.6 Å². The number of phenols is 1. The van der Waals surface area contributed by atoms with Crippen LogP contribution in [0.1, 0.15) is 0 Å². The molecule has 0 radical (unpaired) electrons. The lowest BCUT2D eigenvalue weighted by molar-refractivity contribution is -0.384. The molecule has 2 aromatic rings. The van der Waals surface area contributed by atoms with Gasteiger partial charge in [-0.05, 0) is 36.4 Å². The van der Waals surface area contributed by atoms with Crippen molar-refractivity contribution in [1.29, 1.82) is 0 Å². The zero-order valence-corrected chi connectivity index (χ0v) is 11.9. The predicted molar refractivity (Wildman–Crippen MR) is 77.0 cm³/mol. The first-order valence-corrected chi connectivity index (χ1v) is 7.41. The first-order valence-electron chi connectivity index (χ1n) is 5.55. The minimum absolute atomic E-state index is 0.0131. The van der Waals surface area contributed by atoms with Crippen molar-refractivity contribution >= 4 is 33.0 Å². The number of nitrogens with zero attached hydrogens (tertiary/aromatic N) is 1. The molecule has 0 aliphatic rings. The van der Waals surface area contributed by atoms with Crippen LogP contribution in [0.2, 0.25) is 5.02 Å². The van der Waals surface area contributed by atoms with E-state index >= 15 is 0 Å². The molecular weight excluding hydrogens is 320 g/mol. The molecule has 0 saturated carbocycles. The van der Waals surface area contributed by atoms with Crippen LogP contribution in [0.4, 0.5) is 11.4 Å². The number of hydrogen-bond donors (Lipinski definition) is 2. The van der Waals surface area contributed by atoms with Crippen molar-refractivity contribution in [2.24, 2.45) is 0 Å². The largest absolute Gasteiger partial charge is 0.508 e. The molecule has 0 bridgehead atoms. The van der Waals surface area contributed by atoms with E-state index in [9.17, 15) is 18.5 Å². The van der Waals surface area contributed by atoms with Crippen molar-refractivity contribution in [3.05, 3.63) is 57.6 Å². The summed E-state index contributed by atoms with van der Waals surface area (Å²) >= 11 is 5.65. The summed E-state index contributed by atoms with van der Waals surface area (Å²) < 4.78 is 26.4. The maximum Gasteiger partial charge on any atom is 0.289 e. The Kier molecular flexibility index (Phi) is 4.01. The second-order valence-electron chi connectivity index (χ2n) is 4.02. The fourth-order valence-corrected chi connectivity index (χ4v) is 2.79. The van der Waals surface area contributed by atoms with Gasteiger partial charge in [-0.2, -0.15) is 0 Å². The molecule has 0 amide bonds. The summed E-state index contributed by atoms with van der Waals surface area (Å²) in [4.78, 5) is 9.97. The van der Waals surface area contributed by atoms with Crippen LogP contribution in [-0.4, -0.2) is 18.4 Å². The summed E-state index contributed by atoms with van der Waals surface area (Å²) in [5.41, 5.74) is -0.387. The van der Waals surface area contributed by atoms with Gasteiger partial charge in [-0.25, -0.2) is 8.42 Å². The highest BCUT2D eigenvalue weighted by atomic mass is 35.5. The zero-order valence-electron chi connectivity index (χ0n) is 10.4. The lowest BCUT2D eigenvalue weighted by Crippen LogP contribution is -2.12. The van der Waals surface area contributed by atoms with Gasteiger partial charge in [0.2, 0.25) is 0 Å². The van der Waals surface area contributed by atoms with E-state index in [1.165, 1.54) is 36.4 Å². The summed E-state index contributed by atoms with van der Waals surface area (Å²) in [6, 6.07) is 8.43. The average molecular weight is 329 g/mol. The van der Waals surface area contributed by atoms with E-state index in [-0.39, 0.29) is 21.4 Å². The Bertz CT molecular complexity index is 790. The van der Waals surface area contributed by atoms with E-state index in [1.807, 2.05) is 0 Å². The molecule has 0 aromatic heterocycles. The maximum atomic E-state index is 12.1. The summed E-state index contributed by atoms with van der Waals surface area (Å²) in [5, 5.41) is 19.8. The van der Waals surface area contributed by atoms with Crippen LogP contribution < -0.4 is 4.72 Å². The third-order valence-electron chi connectivity index (χ3n) is 2.54. The maximum absolute atomic E-state index is 12.1. The van der Waals surface area contributed by atoms with Gasteiger partial charge in [-0.3, -0.25) is 14.8 Å². The van der Waals surface area contributed by atoms with Gasteiger partial charge < -0.3 is 5.11 Å². The van der Waals surface area contributed by atoms with Gasteiger partial charge in [0.25, 0.3) is 15.7 Å². The molecule has 0 fully saturated rings. The number of sulfonamides is 1. The Morgan fingerprint density at radius 1 is 1.14 bits per heavy atom. The normalized spacial score (nSPS) is 11.1. The molecule has 7 nitrogen and oxygen atoms in total. The number of aromatic hydroxyl groups is 1. The average Bonchev–Trinajstić information content (AvgIpc) is 2.41. The molecule has 0 spiro atoms. The standard InChI is InChI=1S/C12H9ClN2O5S/c13-11-6-1-8(7-12(11)15(17)18)14-21(19,20)10-4-2-9(16)3-5-10/h1-7,14,16H. The first kappa shape index (κ1) is 15.1. The minimum atomic E-state index is -3.91. The molecule has 0 aliphatic heterocycles. The topological polar surface area (TPSA) is 110 Å². The van der Waals surface area contributed by atoms with Crippen molar-refractivity contribution in [3.63, 3.8) is 0 Å². The fraction of sp³-hybridized carbons (Fsp3) is 0. The van der Waals surface area contributed by atoms with Crippen LogP contribution in [0, 0.1) is 10.1 Å². The molecule has 0 heterocycles. The summed E-state index contributed by atoms with van der Waals surface area (Å²) in [7, 11) is -3.91. The third-order valence-corrected chi connectivity index (χ3v) is 4.26. The molecule has 110 valence electrons. The molecular formula is C12H9ClN2O5S. The van der Waals surface area contributed by atoms with E-state index in [2.05, 4.69) is 4.72 Å². The highest BCUT2D eigenvalue weighted by Gasteiger charge is 2.18. The Labute approximate surface area is 125 Å². The quantitative estimate of drug-likeness (QED) is 0.662. The van der Waals surface area contributed by atoms with Crippen LogP contribution in [-0.2, 0) is 10.0 Å². The predicted octanol–water partition coefficient (Wildman–Crippen LogP) is 2.75. The van der Waals surface area contributed by atoms with Gasteiger partial charge in [0.05, 0.1) is 15.5 Å². The van der Waals surface area contributed by atoms with Crippen molar-refractivity contribution in [2.75, 3.05) is 4.72 Å². The van der Waals surface area contributed by atoms with Crippen LogP contribution in [0.5, 0.6) is 5.75 Å². The van der Waals surface area contributed by atoms with Crippen LogP contribution in [0.3, 0.4) is 0 Å². The number of rotatable bonds is 4. The Morgan fingerprint density at radius 3 is 2.33 bits per heavy atom. The van der Waals surface area contributed by atoms with Gasteiger partial charge in [0.1, 0.15) is 10.8 Å². The highest BCUT2D eigenvalue weighted by Crippen LogP contribution is 2.28. The number of anilines is 1. The van der Waals surface area contributed by atoms with Crippen LogP contribution in [0.15, 0.2) is 47.4 Å². The van der Waals surface area contributed by atoms with Gasteiger partial charge >= 0.3 is 0 Å². The molecule has 0 saturated heterocycles. The highest BCUT2D eigenvalue weighted by molar-refractivity contribution is 7.92. The number of nitro groups is 1. The van der Waals surface area contributed by atoms with Crippen molar-refractivity contribution in [3.8, 4) is 5.75 Å². The number of benzene rings is 2. The summed E-state index contributed by atoms with van der Waals surface area (Å²) in [6.45, 7) is 0. The van der Waals surface area contributed by atoms with Gasteiger partial charge in [0.15, 0.2) is 0 Å². The van der Waals surface area contributed by atoms with E-state index < -0.39 is 20.6 Å². The van der Waals surface area contributed by atoms with Crippen LogP contribution >= 0.6 is 11.6 Å². The van der Waals surface area contributed by atoms with Crippen molar-refractivity contribution < 1.29 is 18.4 Å². The molecule has 0 aliphatic carbocycles. The molecule has 2 aromatic carbocycles. The van der Waals surface area contributed by atoms with E-state index in [4.69, 9.17) is 16.7 Å². The van der Waals surface area contributed by atoms with E-state index in [0.29, 0.717) is 0 Å². The lowest BCUT2D eigenvalue weighted by atomic mass is 10.3. The summed E-state index contributed by atoms with van der Waals surface area (Å²) in [5.74, 6) is -0.0731. The van der Waals surface area contributed by atoms with E-state index in [1.54, 1.807) is 0 Å². The number of nitrogens with one attached hydrogen (secondary N) is 1. The zero-order chi connectivity index (χ0) is 15.6. The summed E-state index contributed by atoms with van der Waals surface area (Å²) in [6.07, 6.45) is 0. The van der Waals surface area contributed by atoms with Crippen LogP contribution in [0.25, 0.3) is 0 Å². The third kappa shape index (κ3) is 3.41. The second-order valence-corrected chi connectivity index (χ2v) is 6.11. The monoisotopic (exact) mass is 328 g/mol. The number of phenolic OH excluding ortho intramolecular Hbond substituents is 1. The van der Waals surface area contributed by atoms with Gasteiger partial charge in [0, 0.05) is 6.07 Å². The first-order chi connectivity index (χ1) is 9.79. The molecule has 9 heteroatoms. The Hall–Kier alpha value is -2.32.